The van der Waals surface area contributed by atoms with Gasteiger partial charge in [-0.25, -0.2) is 4.79 Å². The summed E-state index contributed by atoms with van der Waals surface area (Å²) in [5, 5.41) is 18.3. The van der Waals surface area contributed by atoms with Gasteiger partial charge in [-0.2, -0.15) is 10.5 Å². The Bertz CT molecular complexity index is 853. The second-order valence-electron chi connectivity index (χ2n) is 6.62. The lowest BCUT2D eigenvalue weighted by Crippen LogP contribution is -2.48. The molecule has 1 atom stereocenters. The monoisotopic (exact) mass is 308 g/mol. The van der Waals surface area contributed by atoms with E-state index in [9.17, 15) is 4.79 Å². The minimum absolute atomic E-state index is 0.0630. The molecule has 116 valence electrons. The van der Waals surface area contributed by atoms with Crippen LogP contribution < -0.4 is 0 Å². The van der Waals surface area contributed by atoms with Crippen molar-refractivity contribution in [2.24, 2.45) is 5.41 Å². The molecule has 2 heterocycles. The van der Waals surface area contributed by atoms with Gasteiger partial charge in [0, 0.05) is 16.6 Å². The summed E-state index contributed by atoms with van der Waals surface area (Å²) in [6.07, 6.45) is 1.94. The van der Waals surface area contributed by atoms with Crippen molar-refractivity contribution in [3.05, 3.63) is 45.5 Å². The summed E-state index contributed by atoms with van der Waals surface area (Å²) in [6.45, 7) is 9.53. The van der Waals surface area contributed by atoms with E-state index < -0.39 is 17.0 Å². The van der Waals surface area contributed by atoms with Gasteiger partial charge in [-0.15, -0.1) is 0 Å². The Morgan fingerprint density at radius 2 is 1.78 bits per heavy atom. The lowest BCUT2D eigenvalue weighted by Gasteiger charge is -2.45. The van der Waals surface area contributed by atoms with E-state index in [4.69, 9.17) is 20.0 Å². The minimum Gasteiger partial charge on any atom is -0.487 e. The third-order valence-electron chi connectivity index (χ3n) is 5.15. The van der Waals surface area contributed by atoms with Gasteiger partial charge in [-0.1, -0.05) is 13.8 Å². The Balaban J connectivity index is 2.41. The molecule has 1 aliphatic carbocycles. The van der Waals surface area contributed by atoms with E-state index in [0.717, 1.165) is 16.9 Å². The molecule has 0 amide bonds. The molecular weight excluding hydrogens is 292 g/mol. The summed E-state index contributed by atoms with van der Waals surface area (Å²) < 4.78 is 11.4. The smallest absolute Gasteiger partial charge is 0.340 e. The predicted molar refractivity (Wildman–Crippen MR) is 81.1 cm³/mol. The Morgan fingerprint density at radius 1 is 1.17 bits per heavy atom. The molecule has 0 radical (unpaired) electrons. The number of nitriles is 2. The molecule has 3 rings (SSSR count). The van der Waals surface area contributed by atoms with E-state index in [1.54, 1.807) is 0 Å². The number of rotatable bonds is 0. The molecule has 0 saturated carbocycles. The minimum atomic E-state index is -0.687. The highest BCUT2D eigenvalue weighted by Gasteiger charge is 2.59. The number of ether oxygens (including phenoxy) is 2. The maximum absolute atomic E-state index is 12.5. The molecule has 0 fully saturated rings. The molecule has 23 heavy (non-hydrogen) atoms. The Morgan fingerprint density at radius 3 is 2.35 bits per heavy atom. The van der Waals surface area contributed by atoms with E-state index in [0.29, 0.717) is 11.1 Å². The first-order valence-corrected chi connectivity index (χ1v) is 7.30. The highest BCUT2D eigenvalue weighted by molar-refractivity contribution is 5.99. The number of allylic oxidation sites excluding steroid dienone is 3. The average Bonchev–Trinajstić information content (AvgIpc) is 2.97. The van der Waals surface area contributed by atoms with Crippen LogP contribution in [0.4, 0.5) is 0 Å². The lowest BCUT2D eigenvalue weighted by molar-refractivity contribution is -0.135. The van der Waals surface area contributed by atoms with E-state index in [1.165, 1.54) is 0 Å². The molecule has 0 spiro atoms. The van der Waals surface area contributed by atoms with Crippen LogP contribution in [0.5, 0.6) is 0 Å². The van der Waals surface area contributed by atoms with Crippen LogP contribution in [0.3, 0.4) is 0 Å². The SMILES string of the molecule is CC1=CC2=C(C)C3=C(C(=O)OC3=C(C#N)C#N)C(C)(C)[C@]2(C)O1. The third-order valence-corrected chi connectivity index (χ3v) is 5.15. The number of cyclic esters (lactones) is 1. The van der Waals surface area contributed by atoms with E-state index in [-0.39, 0.29) is 11.3 Å². The second kappa shape index (κ2) is 4.36. The van der Waals surface area contributed by atoms with Crippen molar-refractivity contribution in [3.8, 4) is 12.1 Å². The molecule has 0 bridgehead atoms. The first-order valence-electron chi connectivity index (χ1n) is 7.30. The van der Waals surface area contributed by atoms with Gasteiger partial charge in [0.25, 0.3) is 0 Å². The fourth-order valence-electron chi connectivity index (χ4n) is 3.69. The molecule has 0 unspecified atom stereocenters. The van der Waals surface area contributed by atoms with Crippen molar-refractivity contribution >= 4 is 5.97 Å². The van der Waals surface area contributed by atoms with Gasteiger partial charge in [0.15, 0.2) is 11.3 Å². The predicted octanol–water partition coefficient (Wildman–Crippen LogP) is 3.19. The maximum atomic E-state index is 12.5. The highest BCUT2D eigenvalue weighted by Crippen LogP contribution is 2.59. The van der Waals surface area contributed by atoms with Crippen molar-refractivity contribution in [2.45, 2.75) is 40.2 Å². The van der Waals surface area contributed by atoms with Crippen LogP contribution in [0.15, 0.2) is 45.5 Å². The van der Waals surface area contributed by atoms with Gasteiger partial charge in [0.1, 0.15) is 17.7 Å². The standard InChI is InChI=1S/C18H16N2O3/c1-9-6-12-10(2)13-14(17(3,4)18(12,5)23-9)16(21)22-15(13)11(7-19)8-20/h6H,1-5H3/t18-/m1/s1. The fourth-order valence-corrected chi connectivity index (χ4v) is 3.69. The van der Waals surface area contributed by atoms with Crippen molar-refractivity contribution < 1.29 is 14.3 Å². The van der Waals surface area contributed by atoms with Crippen LogP contribution >= 0.6 is 0 Å². The Hall–Kier alpha value is -2.79. The maximum Gasteiger partial charge on any atom is 0.340 e. The molecule has 3 aliphatic rings. The third kappa shape index (κ3) is 1.62. The normalized spacial score (nSPS) is 27.5. The second-order valence-corrected chi connectivity index (χ2v) is 6.62. The largest absolute Gasteiger partial charge is 0.487 e. The molecule has 0 aromatic rings. The van der Waals surface area contributed by atoms with Crippen molar-refractivity contribution in [2.75, 3.05) is 0 Å². The number of carbonyl (C=O) groups is 1. The summed E-state index contributed by atoms with van der Waals surface area (Å²) in [4.78, 5) is 12.5. The number of hydrogen-bond donors (Lipinski definition) is 0. The van der Waals surface area contributed by atoms with E-state index >= 15 is 0 Å². The highest BCUT2D eigenvalue weighted by atomic mass is 16.5. The molecule has 0 aromatic heterocycles. The molecule has 5 heteroatoms. The Labute approximate surface area is 134 Å². The van der Waals surface area contributed by atoms with Crippen LogP contribution in [-0.4, -0.2) is 11.6 Å². The summed E-state index contributed by atoms with van der Waals surface area (Å²) in [5.74, 6) is 0.319. The number of carbonyl (C=O) groups excluding carboxylic acids is 1. The molecule has 2 aliphatic heterocycles. The van der Waals surface area contributed by atoms with Gasteiger partial charge in [-0.3, -0.25) is 0 Å². The molecule has 5 nitrogen and oxygen atoms in total. The zero-order valence-corrected chi connectivity index (χ0v) is 13.7. The topological polar surface area (TPSA) is 83.1 Å². The molecule has 0 aromatic carbocycles. The van der Waals surface area contributed by atoms with Crippen LogP contribution in [0.2, 0.25) is 0 Å². The zero-order chi connectivity index (χ0) is 17.2. The summed E-state index contributed by atoms with van der Waals surface area (Å²) in [5.41, 5.74) is 1.23. The average molecular weight is 308 g/mol. The van der Waals surface area contributed by atoms with Crippen LogP contribution in [0, 0.1) is 28.1 Å². The zero-order valence-electron chi connectivity index (χ0n) is 13.7. The molecular formula is C18H16N2O3. The van der Waals surface area contributed by atoms with Gasteiger partial charge < -0.3 is 9.47 Å². The molecule has 0 saturated heterocycles. The summed E-state index contributed by atoms with van der Waals surface area (Å²) >= 11 is 0. The fraction of sp³-hybridized carbons (Fsp3) is 0.389. The van der Waals surface area contributed by atoms with E-state index in [1.807, 2.05) is 52.8 Å². The van der Waals surface area contributed by atoms with Crippen LogP contribution in [-0.2, 0) is 14.3 Å². The lowest BCUT2D eigenvalue weighted by atomic mass is 9.61. The number of fused-ring (bicyclic) bond motifs is 1. The Kier molecular flexibility index (Phi) is 2.87. The van der Waals surface area contributed by atoms with Crippen molar-refractivity contribution in [1.29, 1.82) is 10.5 Å². The first-order chi connectivity index (χ1) is 10.7. The van der Waals surface area contributed by atoms with E-state index in [2.05, 4.69) is 0 Å². The number of nitrogens with zero attached hydrogens (tertiary/aromatic N) is 2. The number of esters is 1. The van der Waals surface area contributed by atoms with Crippen LogP contribution in [0.25, 0.3) is 0 Å². The van der Waals surface area contributed by atoms with Gasteiger partial charge in [0.05, 0.1) is 11.3 Å². The number of hydrogen-bond acceptors (Lipinski definition) is 5. The summed E-state index contributed by atoms with van der Waals surface area (Å²) in [6, 6.07) is 3.62. The first kappa shape index (κ1) is 15.1. The molecule has 0 N–H and O–H groups in total. The van der Waals surface area contributed by atoms with Crippen molar-refractivity contribution in [1.82, 2.24) is 0 Å². The van der Waals surface area contributed by atoms with Gasteiger partial charge in [-0.05, 0) is 32.4 Å². The van der Waals surface area contributed by atoms with Gasteiger partial charge >= 0.3 is 5.97 Å². The summed E-state index contributed by atoms with van der Waals surface area (Å²) in [7, 11) is 0. The van der Waals surface area contributed by atoms with Crippen LogP contribution in [0.1, 0.15) is 34.6 Å². The quantitative estimate of drug-likeness (QED) is 0.507. The van der Waals surface area contributed by atoms with Crippen molar-refractivity contribution in [3.63, 3.8) is 0 Å². The van der Waals surface area contributed by atoms with Gasteiger partial charge in [0.2, 0.25) is 0 Å².